The number of benzene rings is 2. The van der Waals surface area contributed by atoms with E-state index in [0.29, 0.717) is 11.3 Å². The van der Waals surface area contributed by atoms with Crippen LogP contribution < -0.4 is 5.32 Å². The van der Waals surface area contributed by atoms with Gasteiger partial charge >= 0.3 is 124 Å². The quantitative estimate of drug-likeness (QED) is 0.307. The maximum atomic E-state index is 11.9. The van der Waals surface area contributed by atoms with Crippen molar-refractivity contribution in [1.29, 1.82) is 0 Å². The van der Waals surface area contributed by atoms with Gasteiger partial charge in [-0.05, 0) is 0 Å². The summed E-state index contributed by atoms with van der Waals surface area (Å²) in [6.07, 6.45) is 0. The average molecular weight is 330 g/mol. The van der Waals surface area contributed by atoms with Crippen LogP contribution in [0.3, 0.4) is 0 Å². The summed E-state index contributed by atoms with van der Waals surface area (Å²) in [4.78, 5) is 27.8. The Hall–Kier alpha value is -2.23. The minimum atomic E-state index is -0.718. The summed E-state index contributed by atoms with van der Waals surface area (Å²) < 4.78 is 0.255. The van der Waals surface area contributed by atoms with E-state index in [4.69, 9.17) is 0 Å². The van der Waals surface area contributed by atoms with Gasteiger partial charge in [-0.3, -0.25) is 0 Å². The minimum absolute atomic E-state index is 0.255. The molecule has 0 aliphatic rings. The van der Waals surface area contributed by atoms with E-state index in [1.807, 2.05) is 18.2 Å². The number of amidine groups is 1. The van der Waals surface area contributed by atoms with Crippen LogP contribution in [0, 0.1) is 0 Å². The van der Waals surface area contributed by atoms with E-state index in [9.17, 15) is 9.59 Å². The number of hydrogen-bond donors (Lipinski definition) is 1. The molecule has 0 unspecified atom stereocenters. The molecule has 20 heavy (non-hydrogen) atoms. The van der Waals surface area contributed by atoms with Gasteiger partial charge in [-0.15, -0.1) is 0 Å². The van der Waals surface area contributed by atoms with Gasteiger partial charge in [-0.1, -0.05) is 0 Å². The van der Waals surface area contributed by atoms with Crippen molar-refractivity contribution in [3.63, 3.8) is 0 Å². The van der Waals surface area contributed by atoms with Crippen LogP contribution in [0.25, 0.3) is 0 Å². The normalized spacial score (nSPS) is 10.9. The zero-order chi connectivity index (χ0) is 14.4. The zero-order valence-electron chi connectivity index (χ0n) is 10.4. The number of ketones is 1. The number of rotatable bonds is 3. The fourth-order valence-electron chi connectivity index (χ4n) is 1.52. The van der Waals surface area contributed by atoms with Crippen molar-refractivity contribution in [3.8, 4) is 0 Å². The third kappa shape index (κ3) is 3.88. The molecule has 0 aliphatic carbocycles. The average Bonchev–Trinajstić information content (AvgIpc) is 2.48. The number of carbonyl (C=O) groups excluding carboxylic acids is 2. The van der Waals surface area contributed by atoms with Gasteiger partial charge in [0.2, 0.25) is 0 Å². The van der Waals surface area contributed by atoms with Crippen molar-refractivity contribution < 1.29 is 9.59 Å². The molecule has 0 saturated carbocycles. The number of nitrogens with one attached hydrogen (secondary N) is 1. The molecule has 1 amide bonds. The Kier molecular flexibility index (Phi) is 4.82. The number of Topliss-reactive ketones (excluding diaryl/α,β-unsaturated/α-hetero) is 1. The van der Waals surface area contributed by atoms with E-state index in [0.717, 1.165) is 0 Å². The fourth-order valence-corrected chi connectivity index (χ4v) is 1.94. The molecule has 0 saturated heterocycles. The van der Waals surface area contributed by atoms with Crippen LogP contribution in [0.15, 0.2) is 65.7 Å². The van der Waals surface area contributed by atoms with Crippen LogP contribution in [0.2, 0.25) is 0 Å². The Morgan fingerprint density at radius 2 is 1.45 bits per heavy atom. The van der Waals surface area contributed by atoms with E-state index < -0.39 is 11.7 Å². The SMILES string of the molecule is O=C(NC([Se])=Nc1ccccc1)C(=O)c1ccccc1. The molecule has 0 spiro atoms. The molecule has 2 aromatic rings. The predicted octanol–water partition coefficient (Wildman–Crippen LogP) is 1.84. The van der Waals surface area contributed by atoms with E-state index in [-0.39, 0.29) is 4.73 Å². The Balaban J connectivity index is 2.05. The van der Waals surface area contributed by atoms with Crippen LogP contribution in [0.4, 0.5) is 5.69 Å². The predicted molar refractivity (Wildman–Crippen MR) is 78.2 cm³/mol. The van der Waals surface area contributed by atoms with Crippen molar-refractivity contribution in [3.05, 3.63) is 66.2 Å². The number of carbonyl (C=O) groups is 2. The summed E-state index contributed by atoms with van der Waals surface area (Å²) >= 11 is 2.63. The van der Waals surface area contributed by atoms with Gasteiger partial charge in [-0.2, -0.15) is 0 Å². The summed E-state index contributed by atoms with van der Waals surface area (Å²) in [6, 6.07) is 17.5. The number of nitrogens with zero attached hydrogens (tertiary/aromatic N) is 1. The number of hydrogen-bond acceptors (Lipinski definition) is 3. The molecule has 0 heterocycles. The Morgan fingerprint density at radius 1 is 0.900 bits per heavy atom. The summed E-state index contributed by atoms with van der Waals surface area (Å²) in [7, 11) is 0. The first-order valence-electron chi connectivity index (χ1n) is 5.88. The third-order valence-electron chi connectivity index (χ3n) is 2.45. The second-order valence-corrected chi connectivity index (χ2v) is 4.71. The summed E-state index contributed by atoms with van der Waals surface area (Å²) in [6.45, 7) is 0. The Morgan fingerprint density at radius 3 is 2.05 bits per heavy atom. The molecular weight excluding hydrogens is 319 g/mol. The van der Waals surface area contributed by atoms with Gasteiger partial charge in [0.25, 0.3) is 0 Å². The second-order valence-electron chi connectivity index (χ2n) is 3.90. The molecule has 2 rings (SSSR count). The standard InChI is InChI=1S/C15H11N2O2Se/c18-13(11-7-3-1-4-8-11)14(19)17-15(20)16-12-9-5-2-6-10-12/h1-10H,(H,16,17,19). The maximum absolute atomic E-state index is 11.9. The van der Waals surface area contributed by atoms with E-state index >= 15 is 0 Å². The van der Waals surface area contributed by atoms with E-state index in [1.54, 1.807) is 42.5 Å². The molecule has 0 bridgehead atoms. The van der Waals surface area contributed by atoms with Crippen molar-refractivity contribution in [1.82, 2.24) is 5.32 Å². The van der Waals surface area contributed by atoms with Gasteiger partial charge in [0.05, 0.1) is 0 Å². The third-order valence-corrected chi connectivity index (χ3v) is 2.86. The van der Waals surface area contributed by atoms with Crippen molar-refractivity contribution in [2.75, 3.05) is 0 Å². The molecule has 1 radical (unpaired) electrons. The molecule has 0 aromatic heterocycles. The summed E-state index contributed by atoms with van der Waals surface area (Å²) in [5.74, 6) is -1.31. The molecule has 0 fully saturated rings. The van der Waals surface area contributed by atoms with Gasteiger partial charge in [0.1, 0.15) is 0 Å². The van der Waals surface area contributed by atoms with Gasteiger partial charge in [-0.25, -0.2) is 0 Å². The monoisotopic (exact) mass is 331 g/mol. The molecule has 99 valence electrons. The van der Waals surface area contributed by atoms with E-state index in [1.165, 1.54) is 0 Å². The Bertz CT molecular complexity index is 639. The zero-order valence-corrected chi connectivity index (χ0v) is 12.2. The first-order valence-corrected chi connectivity index (χ1v) is 6.74. The van der Waals surface area contributed by atoms with E-state index in [2.05, 4.69) is 26.3 Å². The van der Waals surface area contributed by atoms with Crippen LogP contribution >= 0.6 is 0 Å². The molecule has 2 aromatic carbocycles. The number of para-hydroxylation sites is 1. The van der Waals surface area contributed by atoms with Crippen molar-refractivity contribution in [2.45, 2.75) is 0 Å². The number of amides is 1. The van der Waals surface area contributed by atoms with Gasteiger partial charge in [0.15, 0.2) is 0 Å². The molecule has 5 heteroatoms. The summed E-state index contributed by atoms with van der Waals surface area (Å²) in [5.41, 5.74) is 1.03. The first kappa shape index (κ1) is 14.2. The second kappa shape index (κ2) is 6.80. The molecule has 0 atom stereocenters. The van der Waals surface area contributed by atoms with Crippen molar-refractivity contribution >= 4 is 38.1 Å². The van der Waals surface area contributed by atoms with Gasteiger partial charge in [0, 0.05) is 0 Å². The van der Waals surface area contributed by atoms with Crippen LogP contribution in [-0.2, 0) is 4.79 Å². The summed E-state index contributed by atoms with van der Waals surface area (Å²) in [5, 5.41) is 2.43. The van der Waals surface area contributed by atoms with Gasteiger partial charge < -0.3 is 0 Å². The molecule has 0 aliphatic heterocycles. The number of aliphatic imine (C=N–C) groups is 1. The molecule has 4 nitrogen and oxygen atoms in total. The van der Waals surface area contributed by atoms with Crippen molar-refractivity contribution in [2.24, 2.45) is 4.99 Å². The first-order chi connectivity index (χ1) is 9.66. The fraction of sp³-hybridized carbons (Fsp3) is 0. The van der Waals surface area contributed by atoms with Crippen LogP contribution in [-0.4, -0.2) is 32.4 Å². The topological polar surface area (TPSA) is 58.5 Å². The van der Waals surface area contributed by atoms with Crippen LogP contribution in [0.5, 0.6) is 0 Å². The molecule has 1 N–H and O–H groups in total. The molecular formula is C15H11N2O2Se. The Labute approximate surface area is 124 Å². The van der Waals surface area contributed by atoms with Crippen LogP contribution in [0.1, 0.15) is 10.4 Å².